The van der Waals surface area contributed by atoms with Gasteiger partial charge in [-0.2, -0.15) is 13.2 Å². The highest BCUT2D eigenvalue weighted by molar-refractivity contribution is 5.95. The second-order valence-corrected chi connectivity index (χ2v) is 6.27. The van der Waals surface area contributed by atoms with Gasteiger partial charge in [-0.05, 0) is 30.5 Å². The lowest BCUT2D eigenvalue weighted by atomic mass is 9.71. The van der Waals surface area contributed by atoms with Gasteiger partial charge in [0.2, 0.25) is 5.90 Å². The summed E-state index contributed by atoms with van der Waals surface area (Å²) in [6.45, 7) is -0.00157. The summed E-state index contributed by atoms with van der Waals surface area (Å²) in [6.07, 6.45) is -3.89. The molecule has 24 heavy (non-hydrogen) atoms. The molecule has 5 heteroatoms. The van der Waals surface area contributed by atoms with Crippen molar-refractivity contribution >= 4 is 5.90 Å². The predicted molar refractivity (Wildman–Crippen MR) is 84.9 cm³/mol. The van der Waals surface area contributed by atoms with Crippen molar-refractivity contribution < 1.29 is 17.9 Å². The fraction of sp³-hybridized carbons (Fsp3) is 0.316. The Labute approximate surface area is 138 Å². The maximum absolute atomic E-state index is 13.7. The van der Waals surface area contributed by atoms with Crippen LogP contribution in [0.5, 0.6) is 0 Å². The second kappa shape index (κ2) is 5.36. The molecule has 0 aromatic heterocycles. The molecule has 1 aliphatic carbocycles. The lowest BCUT2D eigenvalue weighted by molar-refractivity contribution is -0.225. The zero-order chi connectivity index (χ0) is 16.8. The van der Waals surface area contributed by atoms with Gasteiger partial charge in [0.25, 0.3) is 0 Å². The van der Waals surface area contributed by atoms with Gasteiger partial charge >= 0.3 is 6.18 Å². The first kappa shape index (κ1) is 15.2. The van der Waals surface area contributed by atoms with E-state index in [-0.39, 0.29) is 13.0 Å². The predicted octanol–water partition coefficient (Wildman–Crippen LogP) is 4.48. The Morgan fingerprint density at radius 3 is 2.46 bits per heavy atom. The third-order valence-corrected chi connectivity index (χ3v) is 4.89. The Hall–Kier alpha value is -2.30. The van der Waals surface area contributed by atoms with Crippen molar-refractivity contribution in [2.24, 2.45) is 10.9 Å². The van der Waals surface area contributed by atoms with E-state index < -0.39 is 17.7 Å². The molecule has 2 aromatic rings. The summed E-state index contributed by atoms with van der Waals surface area (Å²) < 4.78 is 47.2. The van der Waals surface area contributed by atoms with E-state index in [1.54, 1.807) is 24.3 Å². The zero-order valence-electron chi connectivity index (χ0n) is 12.9. The molecule has 0 saturated heterocycles. The first-order chi connectivity index (χ1) is 11.5. The molecule has 124 valence electrons. The van der Waals surface area contributed by atoms with E-state index in [9.17, 15) is 13.2 Å². The van der Waals surface area contributed by atoms with Gasteiger partial charge in [0.1, 0.15) is 5.92 Å². The number of rotatable bonds is 1. The van der Waals surface area contributed by atoms with Gasteiger partial charge in [0.05, 0.1) is 6.54 Å². The van der Waals surface area contributed by atoms with Crippen molar-refractivity contribution in [1.29, 1.82) is 0 Å². The Balaban J connectivity index is 1.79. The van der Waals surface area contributed by atoms with Crippen LogP contribution in [0.3, 0.4) is 0 Å². The number of alkyl halides is 3. The number of nitrogens with zero attached hydrogens (tertiary/aromatic N) is 1. The van der Waals surface area contributed by atoms with Crippen LogP contribution in [0.4, 0.5) is 13.2 Å². The average molecular weight is 331 g/mol. The summed E-state index contributed by atoms with van der Waals surface area (Å²) in [7, 11) is 0. The van der Waals surface area contributed by atoms with Gasteiger partial charge in [-0.25, -0.2) is 4.99 Å². The first-order valence-electron chi connectivity index (χ1n) is 7.95. The van der Waals surface area contributed by atoms with Crippen LogP contribution in [0.25, 0.3) is 0 Å². The van der Waals surface area contributed by atoms with Crippen LogP contribution in [-0.4, -0.2) is 18.6 Å². The lowest BCUT2D eigenvalue weighted by Gasteiger charge is -2.42. The van der Waals surface area contributed by atoms with Gasteiger partial charge in [0.15, 0.2) is 5.60 Å². The van der Waals surface area contributed by atoms with Gasteiger partial charge < -0.3 is 4.74 Å². The first-order valence-corrected chi connectivity index (χ1v) is 7.95. The molecule has 4 rings (SSSR count). The SMILES string of the molecule is FC(F)(F)C1CCc2ccccc2C12CN=C(c1ccccc1)O2. The number of hydrogen-bond acceptors (Lipinski definition) is 2. The summed E-state index contributed by atoms with van der Waals surface area (Å²) in [6, 6.07) is 16.3. The molecule has 2 atom stereocenters. The Kier molecular flexibility index (Phi) is 3.41. The smallest absolute Gasteiger partial charge is 0.396 e. The number of aliphatic imine (C=N–C) groups is 1. The topological polar surface area (TPSA) is 21.6 Å². The molecule has 0 saturated carbocycles. The number of benzene rings is 2. The third kappa shape index (κ3) is 2.30. The standard InChI is InChI=1S/C19H16F3NO/c20-19(21,22)16-11-10-13-6-4-5-9-15(13)18(16)12-23-17(24-18)14-7-2-1-3-8-14/h1-9,16H,10-12H2. The quantitative estimate of drug-likeness (QED) is 0.755. The highest BCUT2D eigenvalue weighted by Crippen LogP contribution is 2.52. The molecule has 2 unspecified atom stereocenters. The third-order valence-electron chi connectivity index (χ3n) is 4.89. The number of halogens is 3. The van der Waals surface area contributed by atoms with Gasteiger partial charge in [-0.15, -0.1) is 0 Å². The molecular weight excluding hydrogens is 315 g/mol. The van der Waals surface area contributed by atoms with Crippen molar-refractivity contribution in [3.8, 4) is 0 Å². The van der Waals surface area contributed by atoms with Crippen molar-refractivity contribution in [3.05, 3.63) is 71.3 Å². The molecule has 2 aromatic carbocycles. The van der Waals surface area contributed by atoms with Crippen LogP contribution in [0, 0.1) is 5.92 Å². The summed E-state index contributed by atoms with van der Waals surface area (Å²) >= 11 is 0. The van der Waals surface area contributed by atoms with E-state index in [0.717, 1.165) is 5.56 Å². The average Bonchev–Trinajstić information content (AvgIpc) is 3.00. The van der Waals surface area contributed by atoms with Gasteiger partial charge in [-0.3, -0.25) is 0 Å². The Morgan fingerprint density at radius 2 is 1.71 bits per heavy atom. The maximum Gasteiger partial charge on any atom is 0.396 e. The molecule has 2 nitrogen and oxygen atoms in total. The fourth-order valence-electron chi connectivity index (χ4n) is 3.78. The van der Waals surface area contributed by atoms with Crippen molar-refractivity contribution in [2.45, 2.75) is 24.6 Å². The normalized spacial score (nSPS) is 26.0. The summed E-state index contributed by atoms with van der Waals surface area (Å²) in [4.78, 5) is 4.34. The summed E-state index contributed by atoms with van der Waals surface area (Å²) in [5, 5.41) is 0. The van der Waals surface area contributed by atoms with Gasteiger partial charge in [-0.1, -0.05) is 42.5 Å². The summed E-state index contributed by atoms with van der Waals surface area (Å²) in [5.41, 5.74) is 0.798. The lowest BCUT2D eigenvalue weighted by Crippen LogP contribution is -2.49. The van der Waals surface area contributed by atoms with E-state index in [0.29, 0.717) is 23.4 Å². The Bertz CT molecular complexity index is 785. The highest BCUT2D eigenvalue weighted by Gasteiger charge is 2.60. The monoisotopic (exact) mass is 331 g/mol. The molecule has 1 aliphatic heterocycles. The molecule has 0 fully saturated rings. The van der Waals surface area contributed by atoms with Crippen molar-refractivity contribution in [3.63, 3.8) is 0 Å². The molecule has 2 aliphatic rings. The van der Waals surface area contributed by atoms with Crippen LogP contribution in [0.15, 0.2) is 59.6 Å². The Morgan fingerprint density at radius 1 is 1.00 bits per heavy atom. The van der Waals surface area contributed by atoms with Crippen LogP contribution >= 0.6 is 0 Å². The van der Waals surface area contributed by atoms with Crippen LogP contribution < -0.4 is 0 Å². The minimum absolute atomic E-state index is 0.00157. The van der Waals surface area contributed by atoms with E-state index in [4.69, 9.17) is 4.74 Å². The van der Waals surface area contributed by atoms with E-state index in [1.165, 1.54) is 0 Å². The highest BCUT2D eigenvalue weighted by atomic mass is 19.4. The van der Waals surface area contributed by atoms with Crippen LogP contribution in [-0.2, 0) is 16.8 Å². The number of fused-ring (bicyclic) bond motifs is 2. The minimum atomic E-state index is -4.32. The second-order valence-electron chi connectivity index (χ2n) is 6.27. The molecule has 0 amide bonds. The van der Waals surface area contributed by atoms with Crippen molar-refractivity contribution in [1.82, 2.24) is 0 Å². The van der Waals surface area contributed by atoms with Crippen LogP contribution in [0.2, 0.25) is 0 Å². The summed E-state index contributed by atoms with van der Waals surface area (Å²) in [5.74, 6) is -1.26. The zero-order valence-corrected chi connectivity index (χ0v) is 12.9. The van der Waals surface area contributed by atoms with Crippen molar-refractivity contribution in [2.75, 3.05) is 6.54 Å². The number of aryl methyl sites for hydroxylation is 1. The minimum Gasteiger partial charge on any atom is -0.463 e. The van der Waals surface area contributed by atoms with E-state index in [2.05, 4.69) is 4.99 Å². The fourth-order valence-corrected chi connectivity index (χ4v) is 3.78. The van der Waals surface area contributed by atoms with Crippen LogP contribution in [0.1, 0.15) is 23.1 Å². The van der Waals surface area contributed by atoms with E-state index in [1.807, 2.05) is 30.3 Å². The molecule has 0 bridgehead atoms. The largest absolute Gasteiger partial charge is 0.463 e. The molecule has 1 heterocycles. The molecule has 1 spiro atoms. The maximum atomic E-state index is 13.7. The molecule has 0 radical (unpaired) electrons. The number of ether oxygens (including phenoxy) is 1. The number of hydrogen-bond donors (Lipinski definition) is 0. The molecular formula is C19H16F3NO. The molecule has 0 N–H and O–H groups in total. The van der Waals surface area contributed by atoms with Gasteiger partial charge in [0, 0.05) is 11.1 Å². The van der Waals surface area contributed by atoms with E-state index >= 15 is 0 Å².